The van der Waals surface area contributed by atoms with Crippen LogP contribution in [0.5, 0.6) is 0 Å². The van der Waals surface area contributed by atoms with E-state index in [-0.39, 0.29) is 23.9 Å². The van der Waals surface area contributed by atoms with E-state index in [1.54, 1.807) is 16.4 Å². The van der Waals surface area contributed by atoms with E-state index >= 15 is 0 Å². The largest absolute Gasteiger partial charge is 0.342 e. The molecule has 5 heterocycles. The molecule has 3 aromatic heterocycles. The molecule has 6 rings (SSSR count). The van der Waals surface area contributed by atoms with Crippen LogP contribution in [0.4, 0.5) is 5.95 Å². The summed E-state index contributed by atoms with van der Waals surface area (Å²) < 4.78 is 3.88. The van der Waals surface area contributed by atoms with E-state index < -0.39 is 0 Å². The van der Waals surface area contributed by atoms with Gasteiger partial charge in [0, 0.05) is 67.8 Å². The Labute approximate surface area is 213 Å². The Hall–Kier alpha value is -2.04. The summed E-state index contributed by atoms with van der Waals surface area (Å²) in [5.41, 5.74) is 8.56. The maximum absolute atomic E-state index is 6.72. The second-order valence-electron chi connectivity index (χ2n) is 9.17. The van der Waals surface area contributed by atoms with Crippen molar-refractivity contribution in [2.24, 2.45) is 18.2 Å². The molecule has 2 aliphatic rings. The van der Waals surface area contributed by atoms with Gasteiger partial charge in [0.1, 0.15) is 0 Å². The van der Waals surface area contributed by atoms with Crippen molar-refractivity contribution in [3.05, 3.63) is 41.9 Å². The first-order valence-electron chi connectivity index (χ1n) is 11.4. The molecular weight excluding hydrogens is 491 g/mol. The van der Waals surface area contributed by atoms with E-state index in [0.29, 0.717) is 5.02 Å². The molecule has 1 atom stereocenters. The van der Waals surface area contributed by atoms with E-state index in [1.807, 2.05) is 44.0 Å². The number of nitrogens with two attached hydrogens (primary N) is 1. The molecule has 0 radical (unpaired) electrons. The first-order chi connectivity index (χ1) is 16.0. The highest BCUT2D eigenvalue weighted by Crippen LogP contribution is 2.41. The summed E-state index contributed by atoms with van der Waals surface area (Å²) >= 11 is 8.31. The Morgan fingerprint density at radius 1 is 1.18 bits per heavy atom. The standard InChI is InChI=1S/C23H27ClN8S.ClH/c1-30-14-15-16(29-30)2-3-17(20(15)24)33-18-12-28-22(32-11-8-27-21(18)32)31-9-5-23(6-10-31)4-7-26-13-19(23)25;/h2-3,8,11-12,14,19,26H,4-7,9-10,13,25H2,1H3;1H. The van der Waals surface area contributed by atoms with Gasteiger partial charge in [0.2, 0.25) is 5.95 Å². The van der Waals surface area contributed by atoms with E-state index in [1.165, 1.54) is 0 Å². The number of nitrogens with one attached hydrogen (secondary N) is 1. The van der Waals surface area contributed by atoms with Crippen LogP contribution in [-0.2, 0) is 7.05 Å². The lowest BCUT2D eigenvalue weighted by atomic mass is 9.69. The average molecular weight is 520 g/mol. The third-order valence-electron chi connectivity index (χ3n) is 7.29. The Morgan fingerprint density at radius 3 is 2.79 bits per heavy atom. The van der Waals surface area contributed by atoms with Gasteiger partial charge in [-0.2, -0.15) is 5.10 Å². The third-order valence-corrected chi connectivity index (χ3v) is 8.88. The second-order valence-corrected chi connectivity index (χ2v) is 10.6. The first kappa shape index (κ1) is 23.7. The normalized spacial score (nSPS) is 20.2. The zero-order chi connectivity index (χ0) is 22.6. The minimum absolute atomic E-state index is 0. The monoisotopic (exact) mass is 518 g/mol. The zero-order valence-corrected chi connectivity index (χ0v) is 21.3. The molecule has 34 heavy (non-hydrogen) atoms. The van der Waals surface area contributed by atoms with E-state index in [0.717, 1.165) is 77.7 Å². The topological polar surface area (TPSA) is 89.3 Å². The smallest absolute Gasteiger partial charge is 0.211 e. The van der Waals surface area contributed by atoms with Gasteiger partial charge in [-0.1, -0.05) is 23.4 Å². The average Bonchev–Trinajstić information content (AvgIpc) is 3.46. The van der Waals surface area contributed by atoms with Gasteiger partial charge in [-0.25, -0.2) is 9.97 Å². The fourth-order valence-corrected chi connectivity index (χ4v) is 6.56. The highest BCUT2D eigenvalue weighted by Gasteiger charge is 2.41. The number of nitrogens with zero attached hydrogens (tertiary/aromatic N) is 6. The van der Waals surface area contributed by atoms with Gasteiger partial charge in [-0.3, -0.25) is 9.08 Å². The molecule has 8 nitrogen and oxygen atoms in total. The molecule has 2 saturated heterocycles. The van der Waals surface area contributed by atoms with Gasteiger partial charge in [0.25, 0.3) is 0 Å². The van der Waals surface area contributed by atoms with Crippen molar-refractivity contribution in [3.63, 3.8) is 0 Å². The zero-order valence-electron chi connectivity index (χ0n) is 18.9. The number of rotatable bonds is 3. The summed E-state index contributed by atoms with van der Waals surface area (Å²) in [5, 5.41) is 9.53. The highest BCUT2D eigenvalue weighted by molar-refractivity contribution is 7.99. The predicted molar refractivity (Wildman–Crippen MR) is 139 cm³/mol. The van der Waals surface area contributed by atoms with Crippen molar-refractivity contribution in [2.75, 3.05) is 31.1 Å². The third kappa shape index (κ3) is 3.93. The Morgan fingerprint density at radius 2 is 2.00 bits per heavy atom. The SMILES string of the molecule is Cl.Cn1cc2c(Cl)c(Sc3cnc(N4CCC5(CCNCC5N)CC4)n4ccnc34)ccc2n1. The van der Waals surface area contributed by atoms with Crippen LogP contribution in [0, 0.1) is 5.41 Å². The summed E-state index contributed by atoms with van der Waals surface area (Å²) in [7, 11) is 1.90. The van der Waals surface area contributed by atoms with Crippen LogP contribution in [-0.4, -0.2) is 56.4 Å². The minimum Gasteiger partial charge on any atom is -0.342 e. The summed E-state index contributed by atoms with van der Waals surface area (Å²) in [6.07, 6.45) is 11.1. The van der Waals surface area contributed by atoms with Gasteiger partial charge in [0.15, 0.2) is 5.65 Å². The molecule has 2 fully saturated rings. The fraction of sp³-hybridized carbons (Fsp3) is 0.435. The predicted octanol–water partition coefficient (Wildman–Crippen LogP) is 3.75. The first-order valence-corrected chi connectivity index (χ1v) is 12.6. The quantitative estimate of drug-likeness (QED) is 0.426. The highest BCUT2D eigenvalue weighted by atomic mass is 35.5. The van der Waals surface area contributed by atoms with Crippen molar-refractivity contribution in [1.29, 1.82) is 0 Å². The van der Waals surface area contributed by atoms with Crippen molar-refractivity contribution < 1.29 is 0 Å². The number of halogens is 2. The lowest BCUT2D eigenvalue weighted by molar-refractivity contribution is 0.124. The summed E-state index contributed by atoms with van der Waals surface area (Å²) in [6, 6.07) is 4.25. The van der Waals surface area contributed by atoms with E-state index in [9.17, 15) is 0 Å². The van der Waals surface area contributed by atoms with Crippen LogP contribution < -0.4 is 16.0 Å². The van der Waals surface area contributed by atoms with Gasteiger partial charge < -0.3 is 16.0 Å². The lowest BCUT2D eigenvalue weighted by Gasteiger charge is -2.48. The molecule has 0 bridgehead atoms. The summed E-state index contributed by atoms with van der Waals surface area (Å²) in [4.78, 5) is 13.8. The Bertz CT molecular complexity index is 1330. The lowest BCUT2D eigenvalue weighted by Crippen LogP contribution is -2.58. The molecule has 1 spiro atoms. The molecule has 0 saturated carbocycles. The van der Waals surface area contributed by atoms with Gasteiger partial charge in [-0.05, 0) is 43.4 Å². The number of aromatic nitrogens is 5. The molecule has 11 heteroatoms. The van der Waals surface area contributed by atoms with Crippen LogP contribution in [0.2, 0.25) is 5.02 Å². The number of imidazole rings is 1. The van der Waals surface area contributed by atoms with Crippen molar-refractivity contribution in [2.45, 2.75) is 35.1 Å². The van der Waals surface area contributed by atoms with Crippen LogP contribution in [0.25, 0.3) is 16.6 Å². The Balaban J connectivity index is 0.00000241. The number of benzene rings is 1. The van der Waals surface area contributed by atoms with Crippen LogP contribution in [0.3, 0.4) is 0 Å². The molecule has 0 amide bonds. The van der Waals surface area contributed by atoms with E-state index in [4.69, 9.17) is 22.3 Å². The molecule has 1 unspecified atom stereocenters. The van der Waals surface area contributed by atoms with Crippen molar-refractivity contribution >= 4 is 58.3 Å². The van der Waals surface area contributed by atoms with E-state index in [2.05, 4.69) is 24.7 Å². The number of aryl methyl sites for hydroxylation is 1. The maximum atomic E-state index is 6.72. The van der Waals surface area contributed by atoms with Gasteiger partial charge in [-0.15, -0.1) is 12.4 Å². The van der Waals surface area contributed by atoms with Crippen LogP contribution in [0.15, 0.2) is 46.7 Å². The van der Waals surface area contributed by atoms with Crippen molar-refractivity contribution in [1.82, 2.24) is 29.5 Å². The number of hydrogen-bond donors (Lipinski definition) is 2. The fourth-order valence-electron chi connectivity index (χ4n) is 5.31. The van der Waals surface area contributed by atoms with Crippen molar-refractivity contribution in [3.8, 4) is 0 Å². The Kier molecular flexibility index (Phi) is 6.41. The molecule has 2 aliphatic heterocycles. The molecule has 1 aromatic carbocycles. The minimum atomic E-state index is 0. The molecular formula is C23H28Cl2N8S. The molecule has 180 valence electrons. The molecule has 0 aliphatic carbocycles. The summed E-state index contributed by atoms with van der Waals surface area (Å²) in [6.45, 7) is 3.91. The number of anilines is 1. The number of piperidine rings is 2. The number of fused-ring (bicyclic) bond motifs is 2. The van der Waals surface area contributed by atoms with Crippen LogP contribution >= 0.6 is 35.8 Å². The maximum Gasteiger partial charge on any atom is 0.211 e. The summed E-state index contributed by atoms with van der Waals surface area (Å²) in [5.74, 6) is 0.943. The second kappa shape index (κ2) is 9.20. The molecule has 3 N–H and O–H groups in total. The number of hydrogen-bond acceptors (Lipinski definition) is 7. The van der Waals surface area contributed by atoms with Crippen LogP contribution in [0.1, 0.15) is 19.3 Å². The molecule has 4 aromatic rings. The van der Waals surface area contributed by atoms with Gasteiger partial charge in [0.05, 0.1) is 15.4 Å². The van der Waals surface area contributed by atoms with Gasteiger partial charge >= 0.3 is 0 Å².